The van der Waals surface area contributed by atoms with E-state index in [0.717, 1.165) is 49.1 Å². The second-order valence-corrected chi connectivity index (χ2v) is 6.48. The largest absolute Gasteiger partial charge is 0.467 e. The van der Waals surface area contributed by atoms with Crippen LogP contribution >= 0.6 is 24.0 Å². The summed E-state index contributed by atoms with van der Waals surface area (Å²) in [6.45, 7) is 4.57. The van der Waals surface area contributed by atoms with Gasteiger partial charge in [0, 0.05) is 18.5 Å². The minimum absolute atomic E-state index is 0. The summed E-state index contributed by atoms with van der Waals surface area (Å²) in [6, 6.07) is 10.1. The summed E-state index contributed by atoms with van der Waals surface area (Å²) in [5.41, 5.74) is 1.45. The van der Waals surface area contributed by atoms with Crippen molar-refractivity contribution in [2.75, 3.05) is 19.9 Å². The molecule has 4 rings (SSSR count). The van der Waals surface area contributed by atoms with Crippen molar-refractivity contribution in [3.8, 4) is 11.5 Å². The van der Waals surface area contributed by atoms with E-state index in [4.69, 9.17) is 13.9 Å². The number of ether oxygens (including phenoxy) is 2. The Labute approximate surface area is 170 Å². The van der Waals surface area contributed by atoms with Crippen molar-refractivity contribution in [3.05, 3.63) is 47.9 Å². The highest BCUT2D eigenvalue weighted by Gasteiger charge is 2.44. The molecule has 140 valence electrons. The molecular weight excluding hydrogens is 445 g/mol. The zero-order valence-corrected chi connectivity index (χ0v) is 17.1. The number of nitrogens with zero attached hydrogens (tertiary/aromatic N) is 1. The van der Waals surface area contributed by atoms with E-state index >= 15 is 0 Å². The normalized spacial score (nSPS) is 16.7. The number of fused-ring (bicyclic) bond motifs is 1. The van der Waals surface area contributed by atoms with Crippen molar-refractivity contribution >= 4 is 29.9 Å². The highest BCUT2D eigenvalue weighted by atomic mass is 127. The fourth-order valence-corrected chi connectivity index (χ4v) is 3.10. The number of guanidine groups is 1. The highest BCUT2D eigenvalue weighted by Crippen LogP contribution is 2.49. The standard InChI is InChI=1S/C19H23N3O3.HI/c1-2-20-18(21-11-15-4-3-9-23-15)22-12-19(7-8-19)14-5-6-16-17(10-14)25-13-24-16;/h3-6,9-10H,2,7-8,11-13H2,1H3,(H2,20,21,22);1H. The number of halogens is 1. The van der Waals surface area contributed by atoms with Gasteiger partial charge in [-0.15, -0.1) is 24.0 Å². The SMILES string of the molecule is CCNC(=NCc1ccco1)NCC1(c2ccc3c(c2)OCO3)CC1.I. The third-order valence-electron chi connectivity index (χ3n) is 4.75. The van der Waals surface area contributed by atoms with Gasteiger partial charge in [-0.2, -0.15) is 0 Å². The van der Waals surface area contributed by atoms with Crippen molar-refractivity contribution in [2.24, 2.45) is 4.99 Å². The molecule has 6 nitrogen and oxygen atoms in total. The molecule has 0 atom stereocenters. The molecule has 1 fully saturated rings. The number of nitrogens with one attached hydrogen (secondary N) is 2. The molecule has 2 aromatic rings. The molecule has 1 aliphatic carbocycles. The molecule has 0 radical (unpaired) electrons. The number of furan rings is 1. The Morgan fingerprint density at radius 3 is 2.73 bits per heavy atom. The van der Waals surface area contributed by atoms with Crippen LogP contribution in [0.4, 0.5) is 0 Å². The number of rotatable bonds is 6. The molecular formula is C19H24IN3O3. The van der Waals surface area contributed by atoms with Crippen LogP contribution in [0.25, 0.3) is 0 Å². The lowest BCUT2D eigenvalue weighted by atomic mass is 9.95. The minimum atomic E-state index is 0. The minimum Gasteiger partial charge on any atom is -0.467 e. The van der Waals surface area contributed by atoms with Crippen molar-refractivity contribution in [1.29, 1.82) is 0 Å². The number of hydrogen-bond acceptors (Lipinski definition) is 4. The van der Waals surface area contributed by atoms with Crippen LogP contribution in [0.5, 0.6) is 11.5 Å². The van der Waals surface area contributed by atoms with Gasteiger partial charge in [0.05, 0.1) is 6.26 Å². The summed E-state index contributed by atoms with van der Waals surface area (Å²) < 4.78 is 16.3. The number of hydrogen-bond donors (Lipinski definition) is 2. The van der Waals surface area contributed by atoms with Crippen molar-refractivity contribution in [3.63, 3.8) is 0 Å². The topological polar surface area (TPSA) is 68.0 Å². The zero-order valence-electron chi connectivity index (χ0n) is 14.8. The number of aliphatic imine (C=N–C) groups is 1. The van der Waals surface area contributed by atoms with Gasteiger partial charge in [0.25, 0.3) is 0 Å². The first-order valence-electron chi connectivity index (χ1n) is 8.74. The predicted molar refractivity (Wildman–Crippen MR) is 110 cm³/mol. The maximum atomic E-state index is 5.52. The monoisotopic (exact) mass is 469 g/mol. The maximum absolute atomic E-state index is 5.52. The fraction of sp³-hybridized carbons (Fsp3) is 0.421. The zero-order chi connectivity index (χ0) is 17.1. The summed E-state index contributed by atoms with van der Waals surface area (Å²) >= 11 is 0. The first-order chi connectivity index (χ1) is 12.3. The van der Waals surface area contributed by atoms with Crippen molar-refractivity contribution in [1.82, 2.24) is 10.6 Å². The van der Waals surface area contributed by atoms with Crippen LogP contribution in [0, 0.1) is 0 Å². The lowest BCUT2D eigenvalue weighted by molar-refractivity contribution is 0.174. The summed E-state index contributed by atoms with van der Waals surface area (Å²) in [5.74, 6) is 3.35. The molecule has 26 heavy (non-hydrogen) atoms. The van der Waals surface area contributed by atoms with Gasteiger partial charge < -0.3 is 24.5 Å². The van der Waals surface area contributed by atoms with Crippen LogP contribution in [0.2, 0.25) is 0 Å². The molecule has 2 N–H and O–H groups in total. The third-order valence-corrected chi connectivity index (χ3v) is 4.75. The molecule has 0 spiro atoms. The van der Waals surface area contributed by atoms with Crippen molar-refractivity contribution < 1.29 is 13.9 Å². The molecule has 0 unspecified atom stereocenters. The van der Waals surface area contributed by atoms with Crippen LogP contribution < -0.4 is 20.1 Å². The van der Waals surface area contributed by atoms with E-state index in [1.54, 1.807) is 6.26 Å². The second-order valence-electron chi connectivity index (χ2n) is 6.48. The van der Waals surface area contributed by atoms with E-state index in [9.17, 15) is 0 Å². The molecule has 1 saturated carbocycles. The quantitative estimate of drug-likeness (QED) is 0.386. The van der Waals surface area contributed by atoms with Gasteiger partial charge in [-0.25, -0.2) is 4.99 Å². The molecule has 2 heterocycles. The van der Waals surface area contributed by atoms with Gasteiger partial charge in [0.15, 0.2) is 17.5 Å². The van der Waals surface area contributed by atoms with Crippen molar-refractivity contribution in [2.45, 2.75) is 31.7 Å². The summed E-state index contributed by atoms with van der Waals surface area (Å²) in [5, 5.41) is 6.77. The smallest absolute Gasteiger partial charge is 0.231 e. The van der Waals surface area contributed by atoms with E-state index in [2.05, 4.69) is 34.7 Å². The highest BCUT2D eigenvalue weighted by molar-refractivity contribution is 14.0. The van der Waals surface area contributed by atoms with Gasteiger partial charge in [-0.05, 0) is 49.6 Å². The average Bonchev–Trinajstić information content (AvgIpc) is 3.04. The first-order valence-corrected chi connectivity index (χ1v) is 8.74. The van der Waals surface area contributed by atoms with Crippen LogP contribution in [0.1, 0.15) is 31.1 Å². The fourth-order valence-electron chi connectivity index (χ4n) is 3.10. The summed E-state index contributed by atoms with van der Waals surface area (Å²) in [7, 11) is 0. The third kappa shape index (κ3) is 4.08. The van der Waals surface area contributed by atoms with E-state index < -0.39 is 0 Å². The van der Waals surface area contributed by atoms with Crippen LogP contribution in [-0.4, -0.2) is 25.8 Å². The maximum Gasteiger partial charge on any atom is 0.231 e. The van der Waals surface area contributed by atoms with Gasteiger partial charge in [-0.3, -0.25) is 0 Å². The molecule has 0 saturated heterocycles. The van der Waals surface area contributed by atoms with E-state index in [1.165, 1.54) is 5.56 Å². The molecule has 1 aromatic heterocycles. The molecule has 2 aliphatic rings. The summed E-state index contributed by atoms with van der Waals surface area (Å²) in [6.07, 6.45) is 4.00. The lowest BCUT2D eigenvalue weighted by Crippen LogP contribution is -2.41. The van der Waals surface area contributed by atoms with Crippen LogP contribution in [-0.2, 0) is 12.0 Å². The van der Waals surface area contributed by atoms with E-state index in [1.807, 2.05) is 18.2 Å². The Hall–Kier alpha value is -1.90. The van der Waals surface area contributed by atoms with E-state index in [-0.39, 0.29) is 29.4 Å². The lowest BCUT2D eigenvalue weighted by Gasteiger charge is -2.19. The van der Waals surface area contributed by atoms with Gasteiger partial charge in [0.1, 0.15) is 12.3 Å². The molecule has 1 aromatic carbocycles. The molecule has 0 amide bonds. The van der Waals surface area contributed by atoms with Crippen LogP contribution in [0.15, 0.2) is 46.0 Å². The summed E-state index contributed by atoms with van der Waals surface area (Å²) in [4.78, 5) is 4.59. The van der Waals surface area contributed by atoms with Gasteiger partial charge >= 0.3 is 0 Å². The molecule has 7 heteroatoms. The number of benzene rings is 1. The Kier molecular flexibility index (Phi) is 5.95. The molecule has 0 bridgehead atoms. The molecule has 1 aliphatic heterocycles. The van der Waals surface area contributed by atoms with Gasteiger partial charge in [0.2, 0.25) is 6.79 Å². The Bertz CT molecular complexity index is 757. The predicted octanol–water partition coefficient (Wildman–Crippen LogP) is 3.41. The Morgan fingerprint density at radius 2 is 2.00 bits per heavy atom. The van der Waals surface area contributed by atoms with Crippen LogP contribution in [0.3, 0.4) is 0 Å². The average molecular weight is 469 g/mol. The second kappa shape index (κ2) is 8.20. The van der Waals surface area contributed by atoms with Gasteiger partial charge in [-0.1, -0.05) is 6.07 Å². The Balaban J connectivity index is 0.00000196. The Morgan fingerprint density at radius 1 is 1.15 bits per heavy atom. The first kappa shape index (κ1) is 18.9. The van der Waals surface area contributed by atoms with E-state index in [0.29, 0.717) is 13.3 Å².